The van der Waals surface area contributed by atoms with E-state index in [1.807, 2.05) is 43.0 Å². The van der Waals surface area contributed by atoms with Crippen molar-refractivity contribution in [1.29, 1.82) is 0 Å². The van der Waals surface area contributed by atoms with Gasteiger partial charge in [-0.15, -0.1) is 0 Å². The first-order valence-corrected chi connectivity index (χ1v) is 10.3. The molecule has 0 bridgehead atoms. The molecule has 0 amide bonds. The van der Waals surface area contributed by atoms with Crippen LogP contribution in [0.2, 0.25) is 0 Å². The number of carboxylic acids is 2. The van der Waals surface area contributed by atoms with Crippen LogP contribution in [0.1, 0.15) is 28.6 Å². The summed E-state index contributed by atoms with van der Waals surface area (Å²) in [5, 5.41) is 24.1. The molecule has 1 saturated heterocycles. The van der Waals surface area contributed by atoms with Gasteiger partial charge in [-0.05, 0) is 19.9 Å². The standard InChI is InChI=1S/C22H26N4O5/c1-14-17(15(2)31-23-14)11-24-7-9-25(10-8-24)21(22(29)30)18-12-26(13-20(27)28)19-6-4-3-5-16(18)19/h3-6,12,21H,7-11,13H2,1-2H3,(H,27,28)(H,29,30)/t21-/m0/s1. The van der Waals surface area contributed by atoms with Crippen LogP contribution >= 0.6 is 0 Å². The molecule has 1 atom stereocenters. The molecule has 4 rings (SSSR count). The van der Waals surface area contributed by atoms with E-state index >= 15 is 0 Å². The zero-order valence-electron chi connectivity index (χ0n) is 17.6. The molecule has 2 N–H and O–H groups in total. The third-order valence-corrected chi connectivity index (χ3v) is 5.99. The Hall–Kier alpha value is -3.17. The minimum Gasteiger partial charge on any atom is -0.480 e. The van der Waals surface area contributed by atoms with E-state index in [0.29, 0.717) is 18.7 Å². The highest BCUT2D eigenvalue weighted by atomic mass is 16.5. The van der Waals surface area contributed by atoms with Crippen LogP contribution in [0.3, 0.4) is 0 Å². The van der Waals surface area contributed by atoms with Crippen LogP contribution < -0.4 is 0 Å². The second-order valence-electron chi connectivity index (χ2n) is 7.98. The van der Waals surface area contributed by atoms with E-state index in [1.165, 1.54) is 0 Å². The van der Waals surface area contributed by atoms with Crippen LogP contribution in [0.15, 0.2) is 35.0 Å². The lowest BCUT2D eigenvalue weighted by Crippen LogP contribution is -2.48. The number of carboxylic acid groups (broad SMARTS) is 2. The van der Waals surface area contributed by atoms with Crippen LogP contribution in [0.4, 0.5) is 0 Å². The highest BCUT2D eigenvalue weighted by molar-refractivity contribution is 5.90. The van der Waals surface area contributed by atoms with Crippen LogP contribution in [0, 0.1) is 13.8 Å². The molecule has 0 radical (unpaired) electrons. The first-order valence-electron chi connectivity index (χ1n) is 10.3. The molecule has 1 aromatic carbocycles. The third-order valence-electron chi connectivity index (χ3n) is 5.99. The largest absolute Gasteiger partial charge is 0.480 e. The van der Waals surface area contributed by atoms with Crippen LogP contribution in [0.25, 0.3) is 10.9 Å². The second-order valence-corrected chi connectivity index (χ2v) is 7.98. The predicted molar refractivity (Wildman–Crippen MR) is 113 cm³/mol. The Balaban J connectivity index is 1.56. The number of hydrogen-bond donors (Lipinski definition) is 2. The molecule has 0 saturated carbocycles. The summed E-state index contributed by atoms with van der Waals surface area (Å²) in [5.74, 6) is -1.08. The average Bonchev–Trinajstić information content (AvgIpc) is 3.24. The van der Waals surface area contributed by atoms with E-state index in [4.69, 9.17) is 4.52 Å². The Labute approximate surface area is 179 Å². The summed E-state index contributed by atoms with van der Waals surface area (Å²) in [6.07, 6.45) is 1.67. The first-order chi connectivity index (χ1) is 14.8. The molecule has 0 unspecified atom stereocenters. The third kappa shape index (κ3) is 4.19. The van der Waals surface area contributed by atoms with Crippen molar-refractivity contribution >= 4 is 22.8 Å². The Morgan fingerprint density at radius 3 is 2.45 bits per heavy atom. The van der Waals surface area contributed by atoms with Gasteiger partial charge in [-0.2, -0.15) is 0 Å². The number of para-hydroxylation sites is 1. The molecule has 9 nitrogen and oxygen atoms in total. The van der Waals surface area contributed by atoms with Gasteiger partial charge in [0, 0.05) is 61.0 Å². The van der Waals surface area contributed by atoms with Crippen molar-refractivity contribution in [1.82, 2.24) is 19.5 Å². The highest BCUT2D eigenvalue weighted by Crippen LogP contribution is 2.31. The number of carbonyl (C=O) groups is 2. The number of fused-ring (bicyclic) bond motifs is 1. The summed E-state index contributed by atoms with van der Waals surface area (Å²) < 4.78 is 6.85. The number of aryl methyl sites for hydroxylation is 2. The molecule has 3 aromatic rings. The number of piperazine rings is 1. The molecule has 2 aromatic heterocycles. The van der Waals surface area contributed by atoms with E-state index in [1.54, 1.807) is 10.8 Å². The second kappa shape index (κ2) is 8.52. The van der Waals surface area contributed by atoms with Gasteiger partial charge in [0.05, 0.1) is 5.69 Å². The fourth-order valence-corrected chi connectivity index (χ4v) is 4.39. The monoisotopic (exact) mass is 426 g/mol. The van der Waals surface area contributed by atoms with Crippen molar-refractivity contribution in [3.8, 4) is 0 Å². The predicted octanol–water partition coefficient (Wildman–Crippen LogP) is 2.27. The molecule has 1 aliphatic heterocycles. The highest BCUT2D eigenvalue weighted by Gasteiger charge is 2.33. The van der Waals surface area contributed by atoms with Gasteiger partial charge in [0.1, 0.15) is 18.3 Å². The number of aliphatic carboxylic acids is 2. The van der Waals surface area contributed by atoms with Crippen molar-refractivity contribution < 1.29 is 24.3 Å². The van der Waals surface area contributed by atoms with Crippen molar-refractivity contribution in [2.24, 2.45) is 0 Å². The lowest BCUT2D eigenvalue weighted by atomic mass is 10.0. The topological polar surface area (TPSA) is 112 Å². The maximum atomic E-state index is 12.3. The van der Waals surface area contributed by atoms with E-state index in [0.717, 1.165) is 47.6 Å². The molecule has 164 valence electrons. The van der Waals surface area contributed by atoms with Gasteiger partial charge in [-0.3, -0.25) is 19.4 Å². The SMILES string of the molecule is Cc1noc(C)c1CN1CCN([C@H](C(=O)O)c2cn(CC(=O)O)c3ccccc23)CC1. The maximum absolute atomic E-state index is 12.3. The maximum Gasteiger partial charge on any atom is 0.325 e. The minimum absolute atomic E-state index is 0.210. The number of benzene rings is 1. The van der Waals surface area contributed by atoms with Gasteiger partial charge in [0.15, 0.2) is 0 Å². The Morgan fingerprint density at radius 2 is 1.84 bits per heavy atom. The Morgan fingerprint density at radius 1 is 1.13 bits per heavy atom. The van der Waals surface area contributed by atoms with E-state index in [9.17, 15) is 19.8 Å². The number of hydrogen-bond acceptors (Lipinski definition) is 6. The fourth-order valence-electron chi connectivity index (χ4n) is 4.39. The zero-order chi connectivity index (χ0) is 22.1. The van der Waals surface area contributed by atoms with Crippen LogP contribution in [0.5, 0.6) is 0 Å². The van der Waals surface area contributed by atoms with Gasteiger partial charge < -0.3 is 19.3 Å². The molecule has 1 fully saturated rings. The quantitative estimate of drug-likeness (QED) is 0.592. The molecular weight excluding hydrogens is 400 g/mol. The van der Waals surface area contributed by atoms with Gasteiger partial charge >= 0.3 is 11.9 Å². The molecule has 3 heterocycles. The number of aromatic nitrogens is 2. The van der Waals surface area contributed by atoms with Gasteiger partial charge in [-0.25, -0.2) is 0 Å². The zero-order valence-corrected chi connectivity index (χ0v) is 17.6. The summed E-state index contributed by atoms with van der Waals surface area (Å²) >= 11 is 0. The Bertz CT molecular complexity index is 1090. The Kier molecular flexibility index (Phi) is 5.79. The van der Waals surface area contributed by atoms with Crippen molar-refractivity contribution in [3.05, 3.63) is 53.0 Å². The van der Waals surface area contributed by atoms with E-state index < -0.39 is 18.0 Å². The van der Waals surface area contributed by atoms with Crippen molar-refractivity contribution in [3.63, 3.8) is 0 Å². The minimum atomic E-state index is -0.966. The summed E-state index contributed by atoms with van der Waals surface area (Å²) in [4.78, 5) is 27.8. The van der Waals surface area contributed by atoms with Crippen molar-refractivity contribution in [2.45, 2.75) is 33.0 Å². The lowest BCUT2D eigenvalue weighted by molar-refractivity contribution is -0.144. The van der Waals surface area contributed by atoms with Crippen molar-refractivity contribution in [2.75, 3.05) is 26.2 Å². The first kappa shape index (κ1) is 21.1. The average molecular weight is 426 g/mol. The molecule has 1 aliphatic rings. The lowest BCUT2D eigenvalue weighted by Gasteiger charge is -2.37. The summed E-state index contributed by atoms with van der Waals surface area (Å²) in [6.45, 7) is 6.98. The van der Waals surface area contributed by atoms with Gasteiger partial charge in [0.25, 0.3) is 0 Å². The van der Waals surface area contributed by atoms with E-state index in [-0.39, 0.29) is 6.54 Å². The molecular formula is C22H26N4O5. The van der Waals surface area contributed by atoms with Gasteiger partial charge in [-0.1, -0.05) is 23.4 Å². The number of nitrogens with zero attached hydrogens (tertiary/aromatic N) is 4. The smallest absolute Gasteiger partial charge is 0.325 e. The molecule has 0 aliphatic carbocycles. The summed E-state index contributed by atoms with van der Waals surface area (Å²) in [7, 11) is 0. The summed E-state index contributed by atoms with van der Waals surface area (Å²) in [6, 6.07) is 6.51. The van der Waals surface area contributed by atoms with E-state index in [2.05, 4.69) is 10.1 Å². The normalized spacial score (nSPS) is 16.6. The molecule has 0 spiro atoms. The van der Waals surface area contributed by atoms with Gasteiger partial charge in [0.2, 0.25) is 0 Å². The number of rotatable bonds is 7. The van der Waals surface area contributed by atoms with Crippen LogP contribution in [-0.4, -0.2) is 67.9 Å². The fraction of sp³-hybridized carbons (Fsp3) is 0.409. The molecule has 31 heavy (non-hydrogen) atoms. The molecule has 9 heteroatoms. The summed E-state index contributed by atoms with van der Waals surface area (Å²) in [5.41, 5.74) is 3.32. The van der Waals surface area contributed by atoms with Crippen LogP contribution in [-0.2, 0) is 22.7 Å².